The van der Waals surface area contributed by atoms with E-state index in [-0.39, 0.29) is 6.04 Å². The summed E-state index contributed by atoms with van der Waals surface area (Å²) in [4.78, 5) is 12.1. The molecule has 0 saturated carbocycles. The highest BCUT2D eigenvalue weighted by atomic mass is 15.1. The highest BCUT2D eigenvalue weighted by molar-refractivity contribution is 5.55. The molecule has 2 aromatic heterocycles. The average Bonchev–Trinajstić information content (AvgIpc) is 2.33. The summed E-state index contributed by atoms with van der Waals surface area (Å²) in [5.41, 5.74) is 6.82. The fraction of sp³-hybridized carbons (Fsp3) is 0.182. The van der Waals surface area contributed by atoms with E-state index in [1.165, 1.54) is 0 Å². The van der Waals surface area contributed by atoms with E-state index < -0.39 is 0 Å². The van der Waals surface area contributed by atoms with E-state index in [0.717, 1.165) is 5.56 Å². The summed E-state index contributed by atoms with van der Waals surface area (Å²) in [5.74, 6) is 1.01. The fourth-order valence-corrected chi connectivity index (χ4v) is 1.40. The van der Waals surface area contributed by atoms with Gasteiger partial charge in [0.1, 0.15) is 0 Å². The van der Waals surface area contributed by atoms with Crippen LogP contribution in [0.2, 0.25) is 0 Å². The second kappa shape index (κ2) is 4.57. The number of nitrogens with two attached hydrogens (primary N) is 1. The molecule has 1 atom stereocenters. The lowest BCUT2D eigenvalue weighted by Gasteiger charge is -2.15. The van der Waals surface area contributed by atoms with Gasteiger partial charge in [-0.05, 0) is 24.6 Å². The molecule has 3 N–H and O–H groups in total. The van der Waals surface area contributed by atoms with Crippen LogP contribution in [0.15, 0.2) is 36.9 Å². The molecule has 1 unspecified atom stereocenters. The van der Waals surface area contributed by atoms with Crippen LogP contribution in [-0.2, 0) is 0 Å². The molecule has 0 aliphatic heterocycles. The van der Waals surface area contributed by atoms with Crippen molar-refractivity contribution in [1.82, 2.24) is 15.0 Å². The Morgan fingerprint density at radius 3 is 2.50 bits per heavy atom. The maximum Gasteiger partial charge on any atom is 0.169 e. The van der Waals surface area contributed by atoms with Gasteiger partial charge in [0.2, 0.25) is 0 Å². The van der Waals surface area contributed by atoms with Crippen LogP contribution in [0.5, 0.6) is 0 Å². The van der Waals surface area contributed by atoms with E-state index in [0.29, 0.717) is 11.6 Å². The molecule has 0 radical (unpaired) electrons. The second-order valence-corrected chi connectivity index (χ2v) is 3.44. The Balaban J connectivity index is 2.14. The van der Waals surface area contributed by atoms with E-state index in [9.17, 15) is 0 Å². The van der Waals surface area contributed by atoms with Gasteiger partial charge < -0.3 is 11.1 Å². The van der Waals surface area contributed by atoms with Crippen molar-refractivity contribution in [3.05, 3.63) is 42.5 Å². The number of hydrogen-bond donors (Lipinski definition) is 2. The van der Waals surface area contributed by atoms with Crippen LogP contribution in [0, 0.1) is 0 Å². The molecule has 2 aromatic rings. The minimum absolute atomic E-state index is 0.113. The topological polar surface area (TPSA) is 76.7 Å². The van der Waals surface area contributed by atoms with Crippen molar-refractivity contribution in [2.24, 2.45) is 0 Å². The molecule has 2 rings (SSSR count). The summed E-state index contributed by atoms with van der Waals surface area (Å²) >= 11 is 0. The Labute approximate surface area is 93.8 Å². The van der Waals surface area contributed by atoms with Crippen molar-refractivity contribution in [1.29, 1.82) is 0 Å². The maximum atomic E-state index is 5.70. The summed E-state index contributed by atoms with van der Waals surface area (Å²) in [6, 6.07) is 4.01. The highest BCUT2D eigenvalue weighted by Gasteiger charge is 2.07. The summed E-state index contributed by atoms with van der Waals surface area (Å²) < 4.78 is 0. The van der Waals surface area contributed by atoms with Crippen molar-refractivity contribution in [3.63, 3.8) is 0 Å². The molecular weight excluding hydrogens is 202 g/mol. The van der Waals surface area contributed by atoms with E-state index in [4.69, 9.17) is 5.73 Å². The van der Waals surface area contributed by atoms with Crippen LogP contribution in [0.4, 0.5) is 11.6 Å². The Morgan fingerprint density at radius 1 is 1.12 bits per heavy atom. The molecular formula is C11H13N5. The molecule has 5 nitrogen and oxygen atoms in total. The number of nitrogen functional groups attached to an aromatic ring is 1. The first-order chi connectivity index (χ1) is 7.77. The lowest BCUT2D eigenvalue weighted by molar-refractivity contribution is 0.869. The second-order valence-electron chi connectivity index (χ2n) is 3.44. The monoisotopic (exact) mass is 215 g/mol. The zero-order chi connectivity index (χ0) is 11.4. The predicted molar refractivity (Wildman–Crippen MR) is 62.7 cm³/mol. The number of nitrogens with zero attached hydrogens (tertiary/aromatic N) is 3. The minimum atomic E-state index is 0.113. The molecule has 0 aliphatic rings. The number of anilines is 2. The standard InChI is InChI=1S/C11H13N5/c1-8(9-2-4-13-5-3-9)16-11-10(12)14-6-7-15-11/h2-8H,1H3,(H2,12,14)(H,15,16). The Kier molecular flexibility index (Phi) is 2.95. The number of aromatic nitrogens is 3. The van der Waals surface area contributed by atoms with Crippen LogP contribution in [0.3, 0.4) is 0 Å². The number of nitrogens with one attached hydrogen (secondary N) is 1. The number of hydrogen-bond acceptors (Lipinski definition) is 5. The first-order valence-corrected chi connectivity index (χ1v) is 5.00. The van der Waals surface area contributed by atoms with Crippen LogP contribution < -0.4 is 11.1 Å². The van der Waals surface area contributed by atoms with E-state index >= 15 is 0 Å². The SMILES string of the molecule is CC(Nc1nccnc1N)c1ccncc1. The van der Waals surface area contributed by atoms with Crippen molar-refractivity contribution in [3.8, 4) is 0 Å². The van der Waals surface area contributed by atoms with Crippen LogP contribution >= 0.6 is 0 Å². The summed E-state index contributed by atoms with van der Waals surface area (Å²) in [5, 5.41) is 3.20. The molecule has 2 heterocycles. The Morgan fingerprint density at radius 2 is 1.81 bits per heavy atom. The molecule has 0 amide bonds. The third-order valence-electron chi connectivity index (χ3n) is 2.29. The normalized spacial score (nSPS) is 12.1. The lowest BCUT2D eigenvalue weighted by atomic mass is 10.1. The maximum absolute atomic E-state index is 5.70. The molecule has 82 valence electrons. The van der Waals surface area contributed by atoms with Gasteiger partial charge in [0.25, 0.3) is 0 Å². The summed E-state index contributed by atoms with van der Waals surface area (Å²) in [7, 11) is 0. The molecule has 0 bridgehead atoms. The summed E-state index contributed by atoms with van der Waals surface area (Å²) in [6.45, 7) is 2.03. The van der Waals surface area contributed by atoms with Gasteiger partial charge in [-0.25, -0.2) is 9.97 Å². The van der Waals surface area contributed by atoms with Crippen molar-refractivity contribution < 1.29 is 0 Å². The van der Waals surface area contributed by atoms with Crippen LogP contribution in [0.25, 0.3) is 0 Å². The van der Waals surface area contributed by atoms with Gasteiger partial charge in [-0.15, -0.1) is 0 Å². The third-order valence-corrected chi connectivity index (χ3v) is 2.29. The Bertz CT molecular complexity index is 457. The largest absolute Gasteiger partial charge is 0.381 e. The first kappa shape index (κ1) is 10.4. The predicted octanol–water partition coefficient (Wildman–Crippen LogP) is 1.63. The van der Waals surface area contributed by atoms with Crippen LogP contribution in [-0.4, -0.2) is 15.0 Å². The van der Waals surface area contributed by atoms with Gasteiger partial charge in [-0.3, -0.25) is 4.98 Å². The van der Waals surface area contributed by atoms with Gasteiger partial charge in [0.05, 0.1) is 6.04 Å². The van der Waals surface area contributed by atoms with Crippen LogP contribution in [0.1, 0.15) is 18.5 Å². The minimum Gasteiger partial charge on any atom is -0.381 e. The van der Waals surface area contributed by atoms with Gasteiger partial charge in [-0.1, -0.05) is 0 Å². The molecule has 16 heavy (non-hydrogen) atoms. The van der Waals surface area contributed by atoms with Gasteiger partial charge >= 0.3 is 0 Å². The van der Waals surface area contributed by atoms with E-state index in [2.05, 4.69) is 20.3 Å². The molecule has 0 fully saturated rings. The lowest BCUT2D eigenvalue weighted by Crippen LogP contribution is -2.10. The van der Waals surface area contributed by atoms with Gasteiger partial charge in [0.15, 0.2) is 11.6 Å². The van der Waals surface area contributed by atoms with Gasteiger partial charge in [-0.2, -0.15) is 0 Å². The fourth-order valence-electron chi connectivity index (χ4n) is 1.40. The van der Waals surface area contributed by atoms with Crippen molar-refractivity contribution >= 4 is 11.6 Å². The van der Waals surface area contributed by atoms with Crippen molar-refractivity contribution in [2.75, 3.05) is 11.1 Å². The van der Waals surface area contributed by atoms with E-state index in [1.807, 2.05) is 19.1 Å². The first-order valence-electron chi connectivity index (χ1n) is 5.00. The molecule has 5 heteroatoms. The van der Waals surface area contributed by atoms with E-state index in [1.54, 1.807) is 24.8 Å². The smallest absolute Gasteiger partial charge is 0.169 e. The Hall–Kier alpha value is -2.17. The highest BCUT2D eigenvalue weighted by Crippen LogP contribution is 2.19. The molecule has 0 aromatic carbocycles. The third kappa shape index (κ3) is 2.25. The molecule has 0 aliphatic carbocycles. The van der Waals surface area contributed by atoms with Crippen molar-refractivity contribution in [2.45, 2.75) is 13.0 Å². The number of rotatable bonds is 3. The zero-order valence-electron chi connectivity index (χ0n) is 8.96. The summed E-state index contributed by atoms with van der Waals surface area (Å²) in [6.07, 6.45) is 6.69. The quantitative estimate of drug-likeness (QED) is 0.813. The zero-order valence-corrected chi connectivity index (χ0v) is 8.96. The average molecular weight is 215 g/mol. The number of pyridine rings is 1. The molecule has 0 spiro atoms. The molecule has 0 saturated heterocycles. The van der Waals surface area contributed by atoms with Gasteiger partial charge in [0, 0.05) is 24.8 Å².